The normalized spacial score (nSPS) is 9.94. The number of ether oxygens (including phenoxy) is 3. The van der Waals surface area contributed by atoms with Gasteiger partial charge in [0, 0.05) is 13.7 Å². The van der Waals surface area contributed by atoms with Gasteiger partial charge in [-0.2, -0.15) is 0 Å². The lowest BCUT2D eigenvalue weighted by atomic mass is 10.2. The molecule has 0 saturated heterocycles. The van der Waals surface area contributed by atoms with Crippen molar-refractivity contribution in [1.29, 1.82) is 0 Å². The minimum Gasteiger partial charge on any atom is -0.493 e. The van der Waals surface area contributed by atoms with Gasteiger partial charge in [-0.3, -0.25) is 4.79 Å². The maximum Gasteiger partial charge on any atom is 0.246 e. The highest BCUT2D eigenvalue weighted by Crippen LogP contribution is 2.27. The van der Waals surface area contributed by atoms with Gasteiger partial charge in [-0.15, -0.1) is 0 Å². The molecule has 0 aromatic heterocycles. The smallest absolute Gasteiger partial charge is 0.246 e. The molecule has 0 spiro atoms. The van der Waals surface area contributed by atoms with Gasteiger partial charge in [0.15, 0.2) is 11.5 Å². The van der Waals surface area contributed by atoms with Gasteiger partial charge in [0.25, 0.3) is 0 Å². The van der Waals surface area contributed by atoms with E-state index in [9.17, 15) is 4.79 Å². The summed E-state index contributed by atoms with van der Waals surface area (Å²) in [7, 11) is 3.08. The molecule has 0 aliphatic heterocycles. The first-order chi connectivity index (χ1) is 8.71. The van der Waals surface area contributed by atoms with Crippen LogP contribution in [0.1, 0.15) is 12.5 Å². The minimum atomic E-state index is -0.147. The van der Waals surface area contributed by atoms with E-state index in [1.165, 1.54) is 7.11 Å². The first-order valence-corrected chi connectivity index (χ1v) is 5.76. The number of hydrogen-bond acceptors (Lipinski definition) is 4. The highest BCUT2D eigenvalue weighted by atomic mass is 16.5. The van der Waals surface area contributed by atoms with Gasteiger partial charge in [-0.1, -0.05) is 6.07 Å². The number of carbonyl (C=O) groups is 1. The summed E-state index contributed by atoms with van der Waals surface area (Å²) in [5.41, 5.74) is 0.948. The van der Waals surface area contributed by atoms with Crippen LogP contribution in [-0.4, -0.2) is 33.3 Å². The fraction of sp³-hybridized carbons (Fsp3) is 0.462. The molecule has 0 aliphatic carbocycles. The van der Waals surface area contributed by atoms with Gasteiger partial charge in [0.2, 0.25) is 5.91 Å². The first kappa shape index (κ1) is 14.3. The van der Waals surface area contributed by atoms with Crippen molar-refractivity contribution >= 4 is 5.91 Å². The lowest BCUT2D eigenvalue weighted by Crippen LogP contribution is -2.26. The lowest BCUT2D eigenvalue weighted by Gasteiger charge is -2.11. The van der Waals surface area contributed by atoms with Crippen LogP contribution in [0, 0.1) is 0 Å². The van der Waals surface area contributed by atoms with E-state index in [0.717, 1.165) is 5.56 Å². The standard InChI is InChI=1S/C13H19NO4/c1-4-18-12-7-10(5-6-11(12)17-3)8-14-13(15)9-16-2/h5-7H,4,8-9H2,1-3H3,(H,14,15). The molecule has 1 rings (SSSR count). The third-order valence-electron chi connectivity index (χ3n) is 2.29. The Morgan fingerprint density at radius 3 is 2.67 bits per heavy atom. The summed E-state index contributed by atoms with van der Waals surface area (Å²) in [5.74, 6) is 1.22. The maximum atomic E-state index is 11.3. The average Bonchev–Trinajstić information content (AvgIpc) is 2.37. The average molecular weight is 253 g/mol. The molecule has 1 aromatic rings. The van der Waals surface area contributed by atoms with E-state index in [-0.39, 0.29) is 12.5 Å². The van der Waals surface area contributed by atoms with Crippen molar-refractivity contribution < 1.29 is 19.0 Å². The summed E-state index contributed by atoms with van der Waals surface area (Å²) in [6.45, 7) is 2.98. The zero-order valence-electron chi connectivity index (χ0n) is 11.0. The molecule has 1 amide bonds. The van der Waals surface area contributed by atoms with E-state index < -0.39 is 0 Å². The van der Waals surface area contributed by atoms with Crippen molar-refractivity contribution in [3.8, 4) is 11.5 Å². The Balaban J connectivity index is 2.66. The van der Waals surface area contributed by atoms with E-state index in [4.69, 9.17) is 14.2 Å². The fourth-order valence-electron chi connectivity index (χ4n) is 1.48. The van der Waals surface area contributed by atoms with Crippen molar-refractivity contribution in [2.75, 3.05) is 27.4 Å². The molecule has 1 N–H and O–H groups in total. The Bertz CT molecular complexity index is 393. The molecular weight excluding hydrogens is 234 g/mol. The fourth-order valence-corrected chi connectivity index (χ4v) is 1.48. The van der Waals surface area contributed by atoms with Crippen LogP contribution in [0.2, 0.25) is 0 Å². The van der Waals surface area contributed by atoms with Crippen molar-refractivity contribution in [1.82, 2.24) is 5.32 Å². The zero-order valence-corrected chi connectivity index (χ0v) is 11.0. The topological polar surface area (TPSA) is 56.8 Å². The second-order valence-electron chi connectivity index (χ2n) is 3.63. The number of nitrogens with one attached hydrogen (secondary N) is 1. The van der Waals surface area contributed by atoms with E-state index in [1.54, 1.807) is 7.11 Å². The summed E-state index contributed by atoms with van der Waals surface area (Å²) >= 11 is 0. The van der Waals surface area contributed by atoms with Crippen molar-refractivity contribution in [2.24, 2.45) is 0 Å². The molecule has 0 radical (unpaired) electrons. The Kier molecular flexibility index (Phi) is 6.00. The minimum absolute atomic E-state index is 0.0640. The van der Waals surface area contributed by atoms with Crippen molar-refractivity contribution in [3.63, 3.8) is 0 Å². The van der Waals surface area contributed by atoms with E-state index in [0.29, 0.717) is 24.7 Å². The quantitative estimate of drug-likeness (QED) is 0.797. The van der Waals surface area contributed by atoms with Gasteiger partial charge in [-0.25, -0.2) is 0 Å². The molecule has 5 nitrogen and oxygen atoms in total. The van der Waals surface area contributed by atoms with E-state index in [1.807, 2.05) is 25.1 Å². The van der Waals surface area contributed by atoms with Crippen LogP contribution in [0.5, 0.6) is 11.5 Å². The zero-order chi connectivity index (χ0) is 13.4. The molecule has 0 unspecified atom stereocenters. The molecule has 5 heteroatoms. The Labute approximate surface area is 107 Å². The van der Waals surface area contributed by atoms with Crippen molar-refractivity contribution in [3.05, 3.63) is 23.8 Å². The Morgan fingerprint density at radius 1 is 1.28 bits per heavy atom. The van der Waals surface area contributed by atoms with Gasteiger partial charge in [0.1, 0.15) is 6.61 Å². The largest absolute Gasteiger partial charge is 0.493 e. The summed E-state index contributed by atoms with van der Waals surface area (Å²) in [5, 5.41) is 2.75. The molecule has 18 heavy (non-hydrogen) atoms. The molecule has 0 aliphatic rings. The predicted octanol–water partition coefficient (Wildman–Crippen LogP) is 1.36. The molecule has 1 aromatic carbocycles. The third kappa shape index (κ3) is 4.25. The third-order valence-corrected chi connectivity index (χ3v) is 2.29. The summed E-state index contributed by atoms with van der Waals surface area (Å²) in [4.78, 5) is 11.3. The van der Waals surface area contributed by atoms with Crippen LogP contribution in [0.15, 0.2) is 18.2 Å². The van der Waals surface area contributed by atoms with Gasteiger partial charge in [-0.05, 0) is 24.6 Å². The molecule has 100 valence electrons. The molecule has 0 saturated carbocycles. The second kappa shape index (κ2) is 7.55. The van der Waals surface area contributed by atoms with Crippen LogP contribution >= 0.6 is 0 Å². The highest BCUT2D eigenvalue weighted by Gasteiger charge is 2.06. The first-order valence-electron chi connectivity index (χ1n) is 5.76. The van der Waals surface area contributed by atoms with Gasteiger partial charge >= 0.3 is 0 Å². The van der Waals surface area contributed by atoms with Crippen LogP contribution in [0.4, 0.5) is 0 Å². The SMILES string of the molecule is CCOc1cc(CNC(=O)COC)ccc1OC. The van der Waals surface area contributed by atoms with Crippen LogP contribution < -0.4 is 14.8 Å². The number of benzene rings is 1. The van der Waals surface area contributed by atoms with E-state index >= 15 is 0 Å². The maximum absolute atomic E-state index is 11.3. The molecule has 0 heterocycles. The molecular formula is C13H19NO4. The van der Waals surface area contributed by atoms with Gasteiger partial charge < -0.3 is 19.5 Å². The number of amides is 1. The van der Waals surface area contributed by atoms with Crippen LogP contribution in [-0.2, 0) is 16.1 Å². The Morgan fingerprint density at radius 2 is 2.06 bits per heavy atom. The van der Waals surface area contributed by atoms with E-state index in [2.05, 4.69) is 5.32 Å². The number of methoxy groups -OCH3 is 2. The van der Waals surface area contributed by atoms with Crippen LogP contribution in [0.3, 0.4) is 0 Å². The molecule has 0 fully saturated rings. The summed E-state index contributed by atoms with van der Waals surface area (Å²) < 4.78 is 15.4. The molecule has 0 atom stereocenters. The molecule has 0 bridgehead atoms. The Hall–Kier alpha value is -1.75. The second-order valence-corrected chi connectivity index (χ2v) is 3.63. The number of hydrogen-bond donors (Lipinski definition) is 1. The number of rotatable bonds is 7. The predicted molar refractivity (Wildman–Crippen MR) is 67.9 cm³/mol. The lowest BCUT2D eigenvalue weighted by molar-refractivity contribution is -0.124. The summed E-state index contributed by atoms with van der Waals surface area (Å²) in [6.07, 6.45) is 0. The van der Waals surface area contributed by atoms with Crippen molar-refractivity contribution in [2.45, 2.75) is 13.5 Å². The summed E-state index contributed by atoms with van der Waals surface area (Å²) in [6, 6.07) is 5.56. The number of carbonyl (C=O) groups excluding carboxylic acids is 1. The highest BCUT2D eigenvalue weighted by molar-refractivity contribution is 5.77. The van der Waals surface area contributed by atoms with Gasteiger partial charge in [0.05, 0.1) is 13.7 Å². The monoisotopic (exact) mass is 253 g/mol. The van der Waals surface area contributed by atoms with Crippen LogP contribution in [0.25, 0.3) is 0 Å².